The second kappa shape index (κ2) is 5.90. The Morgan fingerprint density at radius 2 is 1.85 bits per heavy atom. The minimum Gasteiger partial charge on any atom is -0.393 e. The fourth-order valence-corrected chi connectivity index (χ4v) is 7.61. The Morgan fingerprint density at radius 3 is 2.59 bits per heavy atom. The topological polar surface area (TPSA) is 55.8 Å². The number of rotatable bonds is 2. The number of aliphatic hydroxyl groups is 1. The molecular formula is C23H34O4. The van der Waals surface area contributed by atoms with Crippen LogP contribution < -0.4 is 0 Å². The van der Waals surface area contributed by atoms with Crippen molar-refractivity contribution in [2.45, 2.75) is 77.6 Å². The Bertz CT molecular complexity index is 678. The van der Waals surface area contributed by atoms with Crippen molar-refractivity contribution in [2.75, 3.05) is 13.2 Å². The van der Waals surface area contributed by atoms with Gasteiger partial charge in [-0.15, -0.1) is 0 Å². The number of carbonyl (C=O) groups excluding carboxylic acids is 1. The van der Waals surface area contributed by atoms with Gasteiger partial charge >= 0.3 is 0 Å². The molecule has 0 aromatic rings. The smallest absolute Gasteiger partial charge is 0.226 e. The van der Waals surface area contributed by atoms with E-state index < -0.39 is 5.79 Å². The van der Waals surface area contributed by atoms with Gasteiger partial charge in [-0.2, -0.15) is 0 Å². The van der Waals surface area contributed by atoms with Crippen molar-refractivity contribution in [3.05, 3.63) is 11.6 Å². The van der Waals surface area contributed by atoms with Crippen LogP contribution in [-0.2, 0) is 14.3 Å². The maximum Gasteiger partial charge on any atom is 0.226 e. The van der Waals surface area contributed by atoms with Crippen molar-refractivity contribution < 1.29 is 19.4 Å². The van der Waals surface area contributed by atoms with E-state index in [-0.39, 0.29) is 28.6 Å². The molecule has 7 atom stereocenters. The monoisotopic (exact) mass is 374 g/mol. The van der Waals surface area contributed by atoms with Gasteiger partial charge in [0.15, 0.2) is 5.78 Å². The SMILES string of the molecule is CC1(C(=O)C2CC3C4CC=C5CC(O)CCC5(C)C4CCC23C)OCCO1. The standard InChI is InChI=1S/C23H34O4/c1-21-8-6-15(24)12-14(21)4-5-16-17(21)7-9-22(2)18(16)13-19(22)20(25)23(3)26-10-11-27-23/h4,15-19,24H,5-13H2,1-3H3. The van der Waals surface area contributed by atoms with Crippen molar-refractivity contribution in [3.8, 4) is 0 Å². The van der Waals surface area contributed by atoms with E-state index in [1.165, 1.54) is 12.0 Å². The van der Waals surface area contributed by atoms with Gasteiger partial charge < -0.3 is 14.6 Å². The summed E-state index contributed by atoms with van der Waals surface area (Å²) in [5.74, 6) is 1.29. The molecule has 4 heteroatoms. The summed E-state index contributed by atoms with van der Waals surface area (Å²) in [5.41, 5.74) is 1.88. The van der Waals surface area contributed by atoms with Crippen molar-refractivity contribution >= 4 is 5.78 Å². The molecule has 0 radical (unpaired) electrons. The van der Waals surface area contributed by atoms with Crippen LogP contribution >= 0.6 is 0 Å². The van der Waals surface area contributed by atoms with Crippen LogP contribution in [0.25, 0.3) is 0 Å². The number of aliphatic hydroxyl groups excluding tert-OH is 1. The summed E-state index contributed by atoms with van der Waals surface area (Å²) < 4.78 is 11.4. The van der Waals surface area contributed by atoms with Gasteiger partial charge in [-0.3, -0.25) is 4.79 Å². The molecule has 7 unspecified atom stereocenters. The molecule has 4 aliphatic carbocycles. The molecule has 1 aliphatic heterocycles. The zero-order valence-corrected chi connectivity index (χ0v) is 17.0. The minimum absolute atomic E-state index is 0.0814. The average Bonchev–Trinajstić information content (AvgIpc) is 3.07. The van der Waals surface area contributed by atoms with Crippen LogP contribution in [0.3, 0.4) is 0 Å². The predicted molar refractivity (Wildman–Crippen MR) is 102 cm³/mol. The van der Waals surface area contributed by atoms with E-state index in [1.54, 1.807) is 0 Å². The average molecular weight is 375 g/mol. The van der Waals surface area contributed by atoms with Gasteiger partial charge in [0.1, 0.15) is 0 Å². The maximum atomic E-state index is 13.2. The summed E-state index contributed by atoms with van der Waals surface area (Å²) >= 11 is 0. The summed E-state index contributed by atoms with van der Waals surface area (Å²) in [4.78, 5) is 13.2. The van der Waals surface area contributed by atoms with Crippen LogP contribution in [-0.4, -0.2) is 36.0 Å². The van der Waals surface area contributed by atoms with Gasteiger partial charge in [-0.1, -0.05) is 25.5 Å². The third kappa shape index (κ3) is 2.42. The minimum atomic E-state index is -1.01. The highest BCUT2D eigenvalue weighted by Gasteiger charge is 2.65. The third-order valence-electron chi connectivity index (χ3n) is 9.40. The maximum absolute atomic E-state index is 13.2. The van der Waals surface area contributed by atoms with Crippen LogP contribution in [0.2, 0.25) is 0 Å². The fourth-order valence-electron chi connectivity index (χ4n) is 7.61. The first-order valence-corrected chi connectivity index (χ1v) is 11.0. The molecular weight excluding hydrogens is 340 g/mol. The van der Waals surface area contributed by atoms with E-state index in [4.69, 9.17) is 9.47 Å². The Morgan fingerprint density at radius 1 is 1.11 bits per heavy atom. The summed E-state index contributed by atoms with van der Waals surface area (Å²) in [5, 5.41) is 10.1. The van der Waals surface area contributed by atoms with Crippen molar-refractivity contribution in [1.29, 1.82) is 0 Å². The zero-order valence-electron chi connectivity index (χ0n) is 17.0. The van der Waals surface area contributed by atoms with Crippen LogP contribution in [0.1, 0.15) is 65.7 Å². The Labute approximate surface area is 162 Å². The molecule has 4 nitrogen and oxygen atoms in total. The fraction of sp³-hybridized carbons (Fsp3) is 0.870. The van der Waals surface area contributed by atoms with Crippen molar-refractivity contribution in [1.82, 2.24) is 0 Å². The largest absolute Gasteiger partial charge is 0.393 e. The number of carbonyl (C=O) groups is 1. The lowest BCUT2D eigenvalue weighted by Crippen LogP contribution is -2.62. The second-order valence-corrected chi connectivity index (χ2v) is 10.5. The number of ether oxygens (including phenoxy) is 2. The first-order valence-electron chi connectivity index (χ1n) is 11.0. The van der Waals surface area contributed by atoms with E-state index in [1.807, 2.05) is 6.92 Å². The zero-order chi connectivity index (χ0) is 19.0. The van der Waals surface area contributed by atoms with Crippen LogP contribution in [0.5, 0.6) is 0 Å². The first-order chi connectivity index (χ1) is 12.8. The number of Topliss-reactive ketones (excluding diaryl/α,β-unsaturated/α-hetero) is 1. The summed E-state index contributed by atoms with van der Waals surface area (Å²) in [7, 11) is 0. The first kappa shape index (κ1) is 18.3. The number of hydrogen-bond donors (Lipinski definition) is 1. The molecule has 1 heterocycles. The molecule has 1 N–H and O–H groups in total. The number of ketones is 1. The summed E-state index contributed by atoms with van der Waals surface area (Å²) in [6, 6.07) is 0. The normalized spacial score (nSPS) is 50.7. The highest BCUT2D eigenvalue weighted by atomic mass is 16.7. The van der Waals surface area contributed by atoms with E-state index in [2.05, 4.69) is 19.9 Å². The summed E-state index contributed by atoms with van der Waals surface area (Å²) in [6.45, 7) is 7.67. The number of allylic oxidation sites excluding steroid dienone is 1. The van der Waals surface area contributed by atoms with Gasteiger partial charge in [-0.05, 0) is 80.5 Å². The van der Waals surface area contributed by atoms with Gasteiger partial charge in [0.2, 0.25) is 5.79 Å². The lowest BCUT2D eigenvalue weighted by Gasteiger charge is -2.65. The molecule has 0 spiro atoms. The van der Waals surface area contributed by atoms with Crippen LogP contribution in [0, 0.1) is 34.5 Å². The molecule has 27 heavy (non-hydrogen) atoms. The molecule has 5 rings (SSSR count). The van der Waals surface area contributed by atoms with Gasteiger partial charge in [0, 0.05) is 5.92 Å². The highest BCUT2D eigenvalue weighted by Crippen LogP contribution is 2.69. The molecule has 0 bridgehead atoms. The lowest BCUT2D eigenvalue weighted by molar-refractivity contribution is -0.206. The number of hydrogen-bond acceptors (Lipinski definition) is 4. The Kier molecular flexibility index (Phi) is 4.00. The Hall–Kier alpha value is -0.710. The molecule has 1 saturated heterocycles. The van der Waals surface area contributed by atoms with Crippen molar-refractivity contribution in [2.24, 2.45) is 34.5 Å². The van der Waals surface area contributed by atoms with E-state index in [9.17, 15) is 9.90 Å². The highest BCUT2D eigenvalue weighted by molar-refractivity contribution is 5.89. The predicted octanol–water partition coefficient (Wildman–Crippen LogP) is 3.87. The van der Waals surface area contributed by atoms with Gasteiger partial charge in [0.05, 0.1) is 19.3 Å². The number of fused-ring (bicyclic) bond motifs is 5. The Balaban J connectivity index is 1.38. The van der Waals surface area contributed by atoms with Crippen LogP contribution in [0.15, 0.2) is 11.6 Å². The molecule has 0 amide bonds. The van der Waals surface area contributed by atoms with Crippen molar-refractivity contribution in [3.63, 3.8) is 0 Å². The quantitative estimate of drug-likeness (QED) is 0.746. The molecule has 0 aromatic carbocycles. The van der Waals surface area contributed by atoms with Gasteiger partial charge in [-0.25, -0.2) is 0 Å². The van der Waals surface area contributed by atoms with Crippen LogP contribution in [0.4, 0.5) is 0 Å². The lowest BCUT2D eigenvalue weighted by atomic mass is 9.38. The second-order valence-electron chi connectivity index (χ2n) is 10.5. The van der Waals surface area contributed by atoms with Gasteiger partial charge in [0.25, 0.3) is 0 Å². The summed E-state index contributed by atoms with van der Waals surface area (Å²) in [6.07, 6.45) is 9.71. The molecule has 3 saturated carbocycles. The molecule has 150 valence electrons. The molecule has 4 fully saturated rings. The van der Waals surface area contributed by atoms with E-state index in [0.29, 0.717) is 31.0 Å². The molecule has 0 aromatic heterocycles. The van der Waals surface area contributed by atoms with E-state index in [0.717, 1.165) is 38.5 Å². The van der Waals surface area contributed by atoms with E-state index >= 15 is 0 Å². The third-order valence-corrected chi connectivity index (χ3v) is 9.40. The molecule has 5 aliphatic rings.